The van der Waals surface area contributed by atoms with Crippen LogP contribution in [0.15, 0.2) is 72.1 Å². The largest absolute Gasteiger partial charge is 0.325 e. The number of aromatic nitrogens is 4. The van der Waals surface area contributed by atoms with Gasteiger partial charge in [0.25, 0.3) is 0 Å². The number of carbonyl (C=O) groups is 1. The van der Waals surface area contributed by atoms with Crippen LogP contribution < -0.4 is 5.32 Å². The van der Waals surface area contributed by atoms with Gasteiger partial charge in [0.2, 0.25) is 5.91 Å². The molecule has 2 aromatic carbocycles. The molecule has 4 aromatic rings. The summed E-state index contributed by atoms with van der Waals surface area (Å²) in [4.78, 5) is 16.8. The van der Waals surface area contributed by atoms with Crippen molar-refractivity contribution in [2.75, 3.05) is 5.32 Å². The van der Waals surface area contributed by atoms with Gasteiger partial charge < -0.3 is 5.32 Å². The third kappa shape index (κ3) is 5.17. The van der Waals surface area contributed by atoms with Gasteiger partial charge in [0.15, 0.2) is 11.0 Å². The van der Waals surface area contributed by atoms with Crippen LogP contribution in [0.5, 0.6) is 0 Å². The molecule has 164 valence electrons. The number of halogens is 2. The summed E-state index contributed by atoms with van der Waals surface area (Å²) in [6.45, 7) is 1.78. The summed E-state index contributed by atoms with van der Waals surface area (Å²) in [6.07, 6.45) is 3.34. The van der Waals surface area contributed by atoms with E-state index in [0.717, 1.165) is 5.56 Å². The van der Waals surface area contributed by atoms with Gasteiger partial charge >= 0.3 is 0 Å². The first-order valence-electron chi connectivity index (χ1n) is 9.75. The highest BCUT2D eigenvalue weighted by molar-refractivity contribution is 8.00. The quantitative estimate of drug-likeness (QED) is 0.349. The van der Waals surface area contributed by atoms with Crippen molar-refractivity contribution in [2.24, 2.45) is 0 Å². The number of nitrogens with one attached hydrogen (secondary N) is 1. The number of rotatable bonds is 6. The first-order valence-corrected chi connectivity index (χ1v) is 11.4. The number of thioether (sulfide) groups is 1. The fourth-order valence-electron chi connectivity index (χ4n) is 2.97. The predicted molar refractivity (Wildman–Crippen MR) is 130 cm³/mol. The molecular weight excluding hydrogens is 479 g/mol. The molecule has 33 heavy (non-hydrogen) atoms. The molecule has 1 amide bonds. The number of hydrogen-bond acceptors (Lipinski definition) is 6. The summed E-state index contributed by atoms with van der Waals surface area (Å²) in [7, 11) is 0. The highest BCUT2D eigenvalue weighted by Gasteiger charge is 2.22. The summed E-state index contributed by atoms with van der Waals surface area (Å²) >= 11 is 13.6. The van der Waals surface area contributed by atoms with E-state index < -0.39 is 5.25 Å². The lowest BCUT2D eigenvalue weighted by Crippen LogP contribution is -2.22. The molecule has 0 fully saturated rings. The summed E-state index contributed by atoms with van der Waals surface area (Å²) in [5.74, 6) is 0.372. The fourth-order valence-corrected chi connectivity index (χ4v) is 4.13. The van der Waals surface area contributed by atoms with Crippen molar-refractivity contribution in [3.8, 4) is 23.1 Å². The van der Waals surface area contributed by atoms with Crippen LogP contribution in [0.4, 0.5) is 5.69 Å². The maximum absolute atomic E-state index is 12.8. The highest BCUT2D eigenvalue weighted by Crippen LogP contribution is 2.33. The standard InChI is InChI=1S/C23H16Cl2N6OS/c1-14(22(32)28-17-4-2-15(13-26)3-5-17)33-23-30-29-21(16-8-10-27-11-9-16)31(23)18-6-7-19(24)20(25)12-18/h2-12,14H,1H3,(H,28,32). The van der Waals surface area contributed by atoms with Crippen molar-refractivity contribution in [3.05, 3.63) is 82.6 Å². The molecule has 0 radical (unpaired) electrons. The van der Waals surface area contributed by atoms with E-state index in [0.29, 0.717) is 38.0 Å². The van der Waals surface area contributed by atoms with E-state index in [1.54, 1.807) is 55.7 Å². The molecule has 0 aliphatic heterocycles. The Morgan fingerprint density at radius 2 is 1.79 bits per heavy atom. The minimum absolute atomic E-state index is 0.209. The summed E-state index contributed by atoms with van der Waals surface area (Å²) < 4.78 is 1.83. The van der Waals surface area contributed by atoms with Crippen LogP contribution in [0.1, 0.15) is 12.5 Å². The Labute approximate surface area is 204 Å². The van der Waals surface area contributed by atoms with E-state index >= 15 is 0 Å². The molecule has 0 aliphatic rings. The summed E-state index contributed by atoms with van der Waals surface area (Å²) in [5.41, 5.74) is 2.65. The van der Waals surface area contributed by atoms with Gasteiger partial charge in [0.05, 0.1) is 32.6 Å². The SMILES string of the molecule is CC(Sc1nnc(-c2ccncc2)n1-c1ccc(Cl)c(Cl)c1)C(=O)Nc1ccc(C#N)cc1. The molecule has 1 N–H and O–H groups in total. The second-order valence-electron chi connectivity index (χ2n) is 6.91. The topological polar surface area (TPSA) is 96.5 Å². The maximum Gasteiger partial charge on any atom is 0.237 e. The van der Waals surface area contributed by atoms with Crippen molar-refractivity contribution >= 4 is 46.6 Å². The van der Waals surface area contributed by atoms with Crippen molar-refractivity contribution < 1.29 is 4.79 Å². The van der Waals surface area contributed by atoms with Crippen LogP contribution in [-0.2, 0) is 4.79 Å². The van der Waals surface area contributed by atoms with Crippen LogP contribution in [0, 0.1) is 11.3 Å². The zero-order valence-electron chi connectivity index (χ0n) is 17.2. The van der Waals surface area contributed by atoms with Crippen LogP contribution in [0.2, 0.25) is 10.0 Å². The number of carbonyl (C=O) groups excluding carboxylic acids is 1. The van der Waals surface area contributed by atoms with Crippen molar-refractivity contribution in [2.45, 2.75) is 17.3 Å². The molecule has 0 bridgehead atoms. The summed E-state index contributed by atoms with van der Waals surface area (Å²) in [6, 6.07) is 17.6. The molecule has 0 spiro atoms. The number of nitrogens with zero attached hydrogens (tertiary/aromatic N) is 5. The normalized spacial score (nSPS) is 11.6. The Kier molecular flexibility index (Phi) is 6.94. The van der Waals surface area contributed by atoms with Crippen LogP contribution >= 0.6 is 35.0 Å². The molecular formula is C23H16Cl2N6OS. The van der Waals surface area contributed by atoms with Gasteiger partial charge in [-0.3, -0.25) is 14.3 Å². The zero-order chi connectivity index (χ0) is 23.4. The first-order chi connectivity index (χ1) is 16.0. The molecule has 2 aromatic heterocycles. The van der Waals surface area contributed by atoms with Crippen molar-refractivity contribution in [1.29, 1.82) is 5.26 Å². The zero-order valence-corrected chi connectivity index (χ0v) is 19.6. The molecule has 1 unspecified atom stereocenters. The van der Waals surface area contributed by atoms with Crippen LogP contribution in [-0.4, -0.2) is 30.9 Å². The number of nitriles is 1. The fraction of sp³-hybridized carbons (Fsp3) is 0.0870. The molecule has 0 saturated carbocycles. The average Bonchev–Trinajstić information content (AvgIpc) is 3.25. The first kappa shape index (κ1) is 22.8. The van der Waals surface area contributed by atoms with Crippen LogP contribution in [0.25, 0.3) is 17.1 Å². The minimum Gasteiger partial charge on any atom is -0.325 e. The Balaban J connectivity index is 1.64. The highest BCUT2D eigenvalue weighted by atomic mass is 35.5. The lowest BCUT2D eigenvalue weighted by atomic mass is 10.2. The Hall–Kier alpha value is -3.38. The Morgan fingerprint density at radius 1 is 1.06 bits per heavy atom. The van der Waals surface area contributed by atoms with Gasteiger partial charge in [-0.05, 0) is 61.5 Å². The molecule has 0 saturated heterocycles. The van der Waals surface area contributed by atoms with Gasteiger partial charge in [0, 0.05) is 23.6 Å². The van der Waals surface area contributed by atoms with Gasteiger partial charge in [-0.2, -0.15) is 5.26 Å². The second kappa shape index (κ2) is 10.0. The van der Waals surface area contributed by atoms with Gasteiger partial charge in [-0.25, -0.2) is 0 Å². The van der Waals surface area contributed by atoms with Crippen molar-refractivity contribution in [1.82, 2.24) is 19.7 Å². The average molecular weight is 495 g/mol. The lowest BCUT2D eigenvalue weighted by molar-refractivity contribution is -0.115. The molecule has 7 nitrogen and oxygen atoms in total. The molecule has 0 aliphatic carbocycles. The Bertz CT molecular complexity index is 1340. The number of anilines is 1. The van der Waals surface area contributed by atoms with Crippen molar-refractivity contribution in [3.63, 3.8) is 0 Å². The van der Waals surface area contributed by atoms with E-state index in [1.807, 2.05) is 22.8 Å². The minimum atomic E-state index is -0.489. The van der Waals surface area contributed by atoms with E-state index in [-0.39, 0.29) is 5.91 Å². The number of amides is 1. The summed E-state index contributed by atoms with van der Waals surface area (Å²) in [5, 5.41) is 21.3. The smallest absolute Gasteiger partial charge is 0.237 e. The third-order valence-electron chi connectivity index (χ3n) is 4.67. The third-order valence-corrected chi connectivity index (χ3v) is 6.45. The van der Waals surface area contributed by atoms with E-state index in [4.69, 9.17) is 28.5 Å². The Morgan fingerprint density at radius 3 is 2.45 bits per heavy atom. The number of benzene rings is 2. The molecule has 2 heterocycles. The monoisotopic (exact) mass is 494 g/mol. The number of pyridine rings is 1. The van der Waals surface area contributed by atoms with E-state index in [9.17, 15) is 4.79 Å². The molecule has 1 atom stereocenters. The van der Waals surface area contributed by atoms with Gasteiger partial charge in [-0.1, -0.05) is 35.0 Å². The van der Waals surface area contributed by atoms with E-state index in [2.05, 4.69) is 26.6 Å². The van der Waals surface area contributed by atoms with Gasteiger partial charge in [0.1, 0.15) is 0 Å². The maximum atomic E-state index is 12.8. The van der Waals surface area contributed by atoms with E-state index in [1.165, 1.54) is 11.8 Å². The molecule has 10 heteroatoms. The lowest BCUT2D eigenvalue weighted by Gasteiger charge is -2.14. The molecule has 4 rings (SSSR count). The second-order valence-corrected chi connectivity index (χ2v) is 9.04. The number of hydrogen-bond donors (Lipinski definition) is 1. The predicted octanol–water partition coefficient (Wildman–Crippen LogP) is 5.63. The van der Waals surface area contributed by atoms with Crippen LogP contribution in [0.3, 0.4) is 0 Å². The van der Waals surface area contributed by atoms with Gasteiger partial charge in [-0.15, -0.1) is 10.2 Å².